The molecule has 18 heavy (non-hydrogen) atoms. The fraction of sp³-hybridized carbons (Fsp3) is 0.615. The molecule has 0 atom stereocenters. The maximum Gasteiger partial charge on any atom is 0.320 e. The Balaban J connectivity index is 2.73. The summed E-state index contributed by atoms with van der Waals surface area (Å²) in [5, 5.41) is 0. The predicted octanol–water partition coefficient (Wildman–Crippen LogP) is 1.41. The van der Waals surface area contributed by atoms with Crippen LogP contribution in [0.3, 0.4) is 0 Å². The van der Waals surface area contributed by atoms with E-state index in [-0.39, 0.29) is 25.4 Å². The number of rotatable bonds is 6. The standard InChI is InChI=1S/C13H18O5/c1-3-17-12(15)10(13(16)18-4-2)8-9-6-5-7-11(9)14/h6,10H,3-5,7-8H2,1-2H3. The lowest BCUT2D eigenvalue weighted by molar-refractivity contribution is -0.161. The molecule has 0 saturated heterocycles. The van der Waals surface area contributed by atoms with Crippen LogP contribution in [0.1, 0.15) is 33.1 Å². The minimum absolute atomic E-state index is 0.00593. The number of Topliss-reactive ketones (excluding diaryl/α,β-unsaturated/α-hetero) is 1. The lowest BCUT2D eigenvalue weighted by Gasteiger charge is -2.14. The molecular formula is C13H18O5. The molecule has 0 amide bonds. The number of ether oxygens (including phenoxy) is 2. The van der Waals surface area contributed by atoms with Crippen LogP contribution in [-0.2, 0) is 23.9 Å². The summed E-state index contributed by atoms with van der Waals surface area (Å²) in [6.45, 7) is 3.73. The second kappa shape index (κ2) is 6.93. The van der Waals surface area contributed by atoms with Crippen LogP contribution in [0.25, 0.3) is 0 Å². The highest BCUT2D eigenvalue weighted by Crippen LogP contribution is 2.23. The highest BCUT2D eigenvalue weighted by molar-refractivity contribution is 6.01. The Morgan fingerprint density at radius 1 is 1.22 bits per heavy atom. The first-order valence-corrected chi connectivity index (χ1v) is 6.15. The first-order valence-electron chi connectivity index (χ1n) is 6.15. The number of ketones is 1. The number of esters is 2. The SMILES string of the molecule is CCOC(=O)C(CC1=CCCC1=O)C(=O)OCC. The van der Waals surface area contributed by atoms with Gasteiger partial charge in [0, 0.05) is 6.42 Å². The lowest BCUT2D eigenvalue weighted by atomic mass is 9.98. The minimum atomic E-state index is -1.03. The largest absolute Gasteiger partial charge is 0.465 e. The van der Waals surface area contributed by atoms with Crippen LogP contribution in [0.15, 0.2) is 11.6 Å². The monoisotopic (exact) mass is 254 g/mol. The van der Waals surface area contributed by atoms with Gasteiger partial charge in [0.2, 0.25) is 0 Å². The zero-order valence-corrected chi connectivity index (χ0v) is 10.7. The molecule has 1 aliphatic carbocycles. The van der Waals surface area contributed by atoms with Crippen molar-refractivity contribution < 1.29 is 23.9 Å². The minimum Gasteiger partial charge on any atom is -0.465 e. The highest BCUT2D eigenvalue weighted by atomic mass is 16.6. The van der Waals surface area contributed by atoms with Crippen molar-refractivity contribution >= 4 is 17.7 Å². The van der Waals surface area contributed by atoms with Gasteiger partial charge >= 0.3 is 11.9 Å². The first kappa shape index (κ1) is 14.4. The molecule has 0 aliphatic heterocycles. The average Bonchev–Trinajstić information content (AvgIpc) is 2.72. The topological polar surface area (TPSA) is 69.7 Å². The Hall–Kier alpha value is -1.65. The molecule has 0 heterocycles. The van der Waals surface area contributed by atoms with Crippen molar-refractivity contribution in [3.63, 3.8) is 0 Å². The molecule has 0 unspecified atom stereocenters. The van der Waals surface area contributed by atoms with E-state index in [4.69, 9.17) is 9.47 Å². The van der Waals surface area contributed by atoms with Crippen LogP contribution in [0.2, 0.25) is 0 Å². The zero-order valence-electron chi connectivity index (χ0n) is 10.7. The summed E-state index contributed by atoms with van der Waals surface area (Å²) in [5.74, 6) is -2.29. The van der Waals surface area contributed by atoms with E-state index in [9.17, 15) is 14.4 Å². The van der Waals surface area contributed by atoms with E-state index in [0.717, 1.165) is 0 Å². The average molecular weight is 254 g/mol. The Morgan fingerprint density at radius 3 is 2.17 bits per heavy atom. The van der Waals surface area contributed by atoms with Gasteiger partial charge in [-0.1, -0.05) is 6.08 Å². The van der Waals surface area contributed by atoms with Crippen molar-refractivity contribution in [2.75, 3.05) is 13.2 Å². The van der Waals surface area contributed by atoms with E-state index >= 15 is 0 Å². The summed E-state index contributed by atoms with van der Waals surface area (Å²) in [4.78, 5) is 34.9. The molecule has 0 bridgehead atoms. The van der Waals surface area contributed by atoms with Crippen LogP contribution in [0.4, 0.5) is 0 Å². The van der Waals surface area contributed by atoms with Gasteiger partial charge in [0.1, 0.15) is 0 Å². The number of hydrogen-bond acceptors (Lipinski definition) is 5. The zero-order chi connectivity index (χ0) is 13.5. The lowest BCUT2D eigenvalue weighted by Crippen LogP contribution is -2.29. The van der Waals surface area contributed by atoms with Gasteiger partial charge in [-0.25, -0.2) is 0 Å². The normalized spacial score (nSPS) is 14.6. The van der Waals surface area contributed by atoms with E-state index in [0.29, 0.717) is 18.4 Å². The molecule has 0 aromatic rings. The van der Waals surface area contributed by atoms with E-state index in [1.807, 2.05) is 0 Å². The van der Waals surface area contributed by atoms with Crippen LogP contribution >= 0.6 is 0 Å². The van der Waals surface area contributed by atoms with Crippen molar-refractivity contribution in [3.8, 4) is 0 Å². The van der Waals surface area contributed by atoms with Gasteiger partial charge in [0.15, 0.2) is 11.7 Å². The molecule has 0 aromatic heterocycles. The second-order valence-electron chi connectivity index (χ2n) is 3.95. The van der Waals surface area contributed by atoms with Crippen molar-refractivity contribution in [2.45, 2.75) is 33.1 Å². The predicted molar refractivity (Wildman–Crippen MR) is 63.7 cm³/mol. The van der Waals surface area contributed by atoms with Crippen molar-refractivity contribution in [3.05, 3.63) is 11.6 Å². The quantitative estimate of drug-likeness (QED) is 0.529. The first-order chi connectivity index (χ1) is 8.60. The van der Waals surface area contributed by atoms with E-state index in [2.05, 4.69) is 0 Å². The Bertz CT molecular complexity index is 352. The molecule has 100 valence electrons. The summed E-state index contributed by atoms with van der Waals surface area (Å²) in [5.41, 5.74) is 0.529. The molecule has 1 aliphatic rings. The van der Waals surface area contributed by atoms with Gasteiger partial charge in [0.25, 0.3) is 0 Å². The molecule has 5 nitrogen and oxygen atoms in total. The number of carbonyl (C=O) groups excluding carboxylic acids is 3. The Kier molecular flexibility index (Phi) is 5.55. The summed E-state index contributed by atoms with van der Waals surface area (Å²) in [7, 11) is 0. The van der Waals surface area contributed by atoms with E-state index < -0.39 is 17.9 Å². The van der Waals surface area contributed by atoms with E-state index in [1.165, 1.54) is 0 Å². The fourth-order valence-corrected chi connectivity index (χ4v) is 1.82. The van der Waals surface area contributed by atoms with Crippen LogP contribution < -0.4 is 0 Å². The van der Waals surface area contributed by atoms with Gasteiger partial charge in [-0.2, -0.15) is 0 Å². The third kappa shape index (κ3) is 3.68. The van der Waals surface area contributed by atoms with Gasteiger partial charge in [-0.3, -0.25) is 14.4 Å². The van der Waals surface area contributed by atoms with Gasteiger partial charge in [-0.05, 0) is 32.3 Å². The Labute approximate surface area is 106 Å². The molecule has 0 aromatic carbocycles. The number of allylic oxidation sites excluding steroid dienone is 2. The van der Waals surface area contributed by atoms with Crippen LogP contribution in [0, 0.1) is 5.92 Å². The van der Waals surface area contributed by atoms with Crippen molar-refractivity contribution in [1.82, 2.24) is 0 Å². The third-order valence-electron chi connectivity index (χ3n) is 2.69. The smallest absolute Gasteiger partial charge is 0.320 e. The molecule has 0 saturated carbocycles. The molecule has 0 N–H and O–H groups in total. The summed E-state index contributed by atoms with van der Waals surface area (Å²) < 4.78 is 9.68. The van der Waals surface area contributed by atoms with Crippen molar-refractivity contribution in [2.24, 2.45) is 5.92 Å². The fourth-order valence-electron chi connectivity index (χ4n) is 1.82. The highest BCUT2D eigenvalue weighted by Gasteiger charge is 2.32. The number of carbonyl (C=O) groups is 3. The molecule has 0 radical (unpaired) electrons. The van der Waals surface area contributed by atoms with Gasteiger partial charge in [-0.15, -0.1) is 0 Å². The third-order valence-corrected chi connectivity index (χ3v) is 2.69. The number of hydrogen-bond donors (Lipinski definition) is 0. The van der Waals surface area contributed by atoms with Crippen LogP contribution in [0.5, 0.6) is 0 Å². The summed E-state index contributed by atoms with van der Waals surface area (Å²) in [6, 6.07) is 0. The molecule has 5 heteroatoms. The van der Waals surface area contributed by atoms with E-state index in [1.54, 1.807) is 19.9 Å². The van der Waals surface area contributed by atoms with Gasteiger partial charge < -0.3 is 9.47 Å². The maximum atomic E-state index is 11.7. The molecular weight excluding hydrogens is 236 g/mol. The molecule has 0 spiro atoms. The maximum absolute atomic E-state index is 11.7. The second-order valence-corrected chi connectivity index (χ2v) is 3.95. The Morgan fingerprint density at radius 2 is 1.78 bits per heavy atom. The van der Waals surface area contributed by atoms with Gasteiger partial charge in [0.05, 0.1) is 13.2 Å². The summed E-state index contributed by atoms with van der Waals surface area (Å²) in [6.07, 6.45) is 2.98. The summed E-state index contributed by atoms with van der Waals surface area (Å²) >= 11 is 0. The molecule has 1 rings (SSSR count). The molecule has 0 fully saturated rings. The van der Waals surface area contributed by atoms with Crippen LogP contribution in [-0.4, -0.2) is 30.9 Å². The van der Waals surface area contributed by atoms with Crippen molar-refractivity contribution in [1.29, 1.82) is 0 Å².